The number of ether oxygens (including phenoxy) is 2. The average Bonchev–Trinajstić information content (AvgIpc) is 2.29. The summed E-state index contributed by atoms with van der Waals surface area (Å²) in [4.78, 5) is 9.95. The number of non-ortho nitro benzene ring substituents is 1. The third-order valence-electron chi connectivity index (χ3n) is 1.77. The molecule has 6 heteroatoms. The highest BCUT2D eigenvalue weighted by Crippen LogP contribution is 2.16. The highest BCUT2D eigenvalue weighted by Gasteiger charge is 2.03. The summed E-state index contributed by atoms with van der Waals surface area (Å²) in [5.74, 6) is 0.615. The van der Waals surface area contributed by atoms with E-state index in [2.05, 4.69) is 22.6 Å². The van der Waals surface area contributed by atoms with E-state index in [4.69, 9.17) is 9.47 Å². The van der Waals surface area contributed by atoms with Crippen molar-refractivity contribution in [3.05, 3.63) is 34.4 Å². The summed E-state index contributed by atoms with van der Waals surface area (Å²) in [5.41, 5.74) is 0.0634. The van der Waals surface area contributed by atoms with Crippen LogP contribution in [0.15, 0.2) is 24.3 Å². The molecule has 0 N–H and O–H groups in total. The number of nitrogens with zero attached hydrogens (tertiary/aromatic N) is 1. The molecule has 0 aliphatic rings. The molecule has 0 spiro atoms. The van der Waals surface area contributed by atoms with Crippen LogP contribution < -0.4 is 4.74 Å². The zero-order valence-electron chi connectivity index (χ0n) is 8.60. The average molecular weight is 337 g/mol. The van der Waals surface area contributed by atoms with E-state index < -0.39 is 4.92 Å². The molecule has 0 bridgehead atoms. The van der Waals surface area contributed by atoms with Gasteiger partial charge in [0.15, 0.2) is 0 Å². The predicted octanol–water partition coefficient (Wildman–Crippen LogP) is 2.43. The first-order valence-electron chi connectivity index (χ1n) is 4.75. The molecule has 1 rings (SSSR count). The summed E-state index contributed by atoms with van der Waals surface area (Å²) in [7, 11) is 0. The van der Waals surface area contributed by atoms with Crippen LogP contribution in [-0.2, 0) is 4.74 Å². The summed E-state index contributed by atoms with van der Waals surface area (Å²) in [6.07, 6.45) is 0. The fourth-order valence-electron chi connectivity index (χ4n) is 1.04. The van der Waals surface area contributed by atoms with E-state index in [0.717, 1.165) is 4.43 Å². The molecular formula is C10H12INO4. The zero-order chi connectivity index (χ0) is 11.8. The number of rotatable bonds is 7. The fourth-order valence-corrected chi connectivity index (χ4v) is 1.35. The van der Waals surface area contributed by atoms with Crippen LogP contribution in [0.1, 0.15) is 0 Å². The van der Waals surface area contributed by atoms with Gasteiger partial charge in [0.05, 0.1) is 18.1 Å². The summed E-state index contributed by atoms with van der Waals surface area (Å²) < 4.78 is 11.5. The molecule has 0 aliphatic carbocycles. The molecule has 0 atom stereocenters. The largest absolute Gasteiger partial charge is 0.491 e. The number of benzene rings is 1. The Hall–Kier alpha value is -0.890. The smallest absolute Gasteiger partial charge is 0.269 e. The summed E-state index contributed by atoms with van der Waals surface area (Å²) >= 11 is 2.23. The van der Waals surface area contributed by atoms with Crippen LogP contribution in [0.25, 0.3) is 0 Å². The minimum absolute atomic E-state index is 0.0634. The van der Waals surface area contributed by atoms with E-state index in [1.54, 1.807) is 12.1 Å². The molecule has 0 heterocycles. The van der Waals surface area contributed by atoms with Crippen LogP contribution >= 0.6 is 22.6 Å². The summed E-state index contributed by atoms with van der Waals surface area (Å²) in [6, 6.07) is 6.00. The first-order valence-corrected chi connectivity index (χ1v) is 6.27. The van der Waals surface area contributed by atoms with Crippen LogP contribution in [0.5, 0.6) is 5.75 Å². The van der Waals surface area contributed by atoms with E-state index in [0.29, 0.717) is 25.6 Å². The third-order valence-corrected chi connectivity index (χ3v) is 2.21. The van der Waals surface area contributed by atoms with Crippen molar-refractivity contribution in [2.45, 2.75) is 0 Å². The van der Waals surface area contributed by atoms with Gasteiger partial charge in [-0.25, -0.2) is 0 Å². The number of hydrogen-bond donors (Lipinski definition) is 0. The maximum absolute atomic E-state index is 10.4. The topological polar surface area (TPSA) is 61.6 Å². The van der Waals surface area contributed by atoms with E-state index in [1.807, 2.05) is 0 Å². The minimum Gasteiger partial charge on any atom is -0.491 e. The van der Waals surface area contributed by atoms with Crippen molar-refractivity contribution in [1.29, 1.82) is 0 Å². The monoisotopic (exact) mass is 337 g/mol. The van der Waals surface area contributed by atoms with Gasteiger partial charge < -0.3 is 9.47 Å². The number of halogens is 1. The van der Waals surface area contributed by atoms with Crippen LogP contribution in [0.3, 0.4) is 0 Å². The Morgan fingerprint density at radius 1 is 1.19 bits per heavy atom. The van der Waals surface area contributed by atoms with Gasteiger partial charge in [-0.2, -0.15) is 0 Å². The third kappa shape index (κ3) is 4.75. The van der Waals surface area contributed by atoms with Gasteiger partial charge in [0.2, 0.25) is 0 Å². The molecule has 1 aromatic rings. The maximum Gasteiger partial charge on any atom is 0.269 e. The highest BCUT2D eigenvalue weighted by molar-refractivity contribution is 14.1. The molecule has 88 valence electrons. The minimum atomic E-state index is -0.437. The lowest BCUT2D eigenvalue weighted by Crippen LogP contribution is -2.07. The number of nitro benzene ring substituents is 1. The molecule has 0 saturated carbocycles. The van der Waals surface area contributed by atoms with Gasteiger partial charge in [-0.1, -0.05) is 22.6 Å². The van der Waals surface area contributed by atoms with Crippen LogP contribution in [0.2, 0.25) is 0 Å². The second-order valence-corrected chi connectivity index (χ2v) is 3.98. The Bertz CT molecular complexity index is 328. The Morgan fingerprint density at radius 3 is 2.44 bits per heavy atom. The van der Waals surface area contributed by atoms with Gasteiger partial charge in [0.25, 0.3) is 5.69 Å². The SMILES string of the molecule is O=[N+]([O-])c1ccc(OCCOCCI)cc1. The molecule has 0 saturated heterocycles. The molecule has 16 heavy (non-hydrogen) atoms. The molecule has 0 radical (unpaired) electrons. The summed E-state index contributed by atoms with van der Waals surface area (Å²) in [6.45, 7) is 1.69. The van der Waals surface area contributed by atoms with Crippen molar-refractivity contribution >= 4 is 28.3 Å². The molecule has 1 aromatic carbocycles. The van der Waals surface area contributed by atoms with Crippen molar-refractivity contribution in [2.24, 2.45) is 0 Å². The van der Waals surface area contributed by atoms with E-state index in [-0.39, 0.29) is 5.69 Å². The summed E-state index contributed by atoms with van der Waals surface area (Å²) in [5, 5.41) is 10.4. The van der Waals surface area contributed by atoms with Crippen molar-refractivity contribution in [3.8, 4) is 5.75 Å². The fraction of sp³-hybridized carbons (Fsp3) is 0.400. The van der Waals surface area contributed by atoms with Gasteiger partial charge in [-0.15, -0.1) is 0 Å². The predicted molar refractivity (Wildman–Crippen MR) is 68.3 cm³/mol. The van der Waals surface area contributed by atoms with Crippen molar-refractivity contribution in [3.63, 3.8) is 0 Å². The van der Waals surface area contributed by atoms with Crippen molar-refractivity contribution < 1.29 is 14.4 Å². The van der Waals surface area contributed by atoms with Gasteiger partial charge in [-0.3, -0.25) is 10.1 Å². The van der Waals surface area contributed by atoms with E-state index in [1.165, 1.54) is 12.1 Å². The number of nitro groups is 1. The second kappa shape index (κ2) is 7.39. The van der Waals surface area contributed by atoms with Gasteiger partial charge in [-0.05, 0) is 12.1 Å². The second-order valence-electron chi connectivity index (χ2n) is 2.90. The molecule has 0 unspecified atom stereocenters. The Labute approximate surface area is 107 Å². The van der Waals surface area contributed by atoms with Crippen molar-refractivity contribution in [1.82, 2.24) is 0 Å². The lowest BCUT2D eigenvalue weighted by atomic mass is 10.3. The molecule has 0 aliphatic heterocycles. The molecule has 0 amide bonds. The molecule has 5 nitrogen and oxygen atoms in total. The van der Waals surface area contributed by atoms with Crippen LogP contribution in [0, 0.1) is 10.1 Å². The van der Waals surface area contributed by atoms with Crippen LogP contribution in [-0.4, -0.2) is 29.2 Å². The van der Waals surface area contributed by atoms with E-state index >= 15 is 0 Å². The first-order chi connectivity index (χ1) is 7.74. The van der Waals surface area contributed by atoms with Gasteiger partial charge in [0.1, 0.15) is 12.4 Å². The standard InChI is InChI=1S/C10H12INO4/c11-5-6-15-7-8-16-10-3-1-9(2-4-10)12(13)14/h1-4H,5-8H2. The maximum atomic E-state index is 10.4. The Kier molecular flexibility index (Phi) is 6.09. The first kappa shape index (κ1) is 13.2. The van der Waals surface area contributed by atoms with Crippen molar-refractivity contribution in [2.75, 3.05) is 24.2 Å². The highest BCUT2D eigenvalue weighted by atomic mass is 127. The van der Waals surface area contributed by atoms with Gasteiger partial charge in [0, 0.05) is 16.6 Å². The van der Waals surface area contributed by atoms with Crippen LogP contribution in [0.4, 0.5) is 5.69 Å². The molecule has 0 fully saturated rings. The molecular weight excluding hydrogens is 325 g/mol. The van der Waals surface area contributed by atoms with E-state index in [9.17, 15) is 10.1 Å². The lowest BCUT2D eigenvalue weighted by molar-refractivity contribution is -0.384. The zero-order valence-corrected chi connectivity index (χ0v) is 10.8. The normalized spacial score (nSPS) is 10.1. The van der Waals surface area contributed by atoms with Gasteiger partial charge >= 0.3 is 0 Å². The number of alkyl halides is 1. The Morgan fingerprint density at radius 2 is 1.88 bits per heavy atom. The Balaban J connectivity index is 2.29. The quantitative estimate of drug-likeness (QED) is 0.252. The molecule has 0 aromatic heterocycles. The lowest BCUT2D eigenvalue weighted by Gasteiger charge is -2.05. The number of hydrogen-bond acceptors (Lipinski definition) is 4.